The van der Waals surface area contributed by atoms with E-state index in [-0.39, 0.29) is 25.4 Å². The molecule has 4 fully saturated rings. The summed E-state index contributed by atoms with van der Waals surface area (Å²) in [6, 6.07) is 7.93. The fourth-order valence-corrected chi connectivity index (χ4v) is 12.3. The first kappa shape index (κ1) is 48.9. The van der Waals surface area contributed by atoms with Gasteiger partial charge in [-0.1, -0.05) is 19.9 Å². The van der Waals surface area contributed by atoms with Gasteiger partial charge >= 0.3 is 12.1 Å². The summed E-state index contributed by atoms with van der Waals surface area (Å²) < 4.78 is 38.5. The van der Waals surface area contributed by atoms with Gasteiger partial charge in [0.25, 0.3) is 5.91 Å². The molecular weight excluding hydrogens is 887 g/mol. The number of hydrazine groups is 1. The monoisotopic (exact) mass is 958 g/mol. The Morgan fingerprint density at radius 2 is 1.78 bits per heavy atom. The molecule has 6 aliphatic heterocycles. The number of fused-ring (bicyclic) bond motifs is 7. The minimum Gasteiger partial charge on any atom is -0.464 e. The molecule has 6 aliphatic rings. The Balaban J connectivity index is 1.16. The third-order valence-corrected chi connectivity index (χ3v) is 15.5. The predicted octanol–water partition coefficient (Wildman–Crippen LogP) is 6.88. The summed E-state index contributed by atoms with van der Waals surface area (Å²) >= 11 is 1.53. The van der Waals surface area contributed by atoms with Crippen molar-refractivity contribution in [2.45, 2.75) is 154 Å². The molecule has 68 heavy (non-hydrogen) atoms. The lowest BCUT2D eigenvalue weighted by Gasteiger charge is -2.53. The normalized spacial score (nSPS) is 28.6. The Hall–Kier alpha value is -4.10. The molecule has 1 unspecified atom stereocenters. The number of nitrogens with zero attached hydrogens (tertiary/aromatic N) is 5. The number of piperidine rings is 1. The first-order valence-corrected chi connectivity index (χ1v) is 25.7. The maximum Gasteiger partial charge on any atom is 0.408 e. The lowest BCUT2D eigenvalue weighted by atomic mass is 9.79. The smallest absolute Gasteiger partial charge is 0.408 e. The highest BCUT2D eigenvalue weighted by atomic mass is 32.2. The number of ether oxygens (including phenoxy) is 6. The second kappa shape index (κ2) is 20.0. The number of methoxy groups -OCH3 is 1. The summed E-state index contributed by atoms with van der Waals surface area (Å²) in [6.45, 7) is 20.2. The lowest BCUT2D eigenvalue weighted by molar-refractivity contribution is -0.159. The summed E-state index contributed by atoms with van der Waals surface area (Å²) in [5, 5.41) is 5.97. The van der Waals surface area contributed by atoms with Crippen LogP contribution in [0.4, 0.5) is 4.79 Å². The molecule has 1 aromatic carbocycles. The molecule has 8 heterocycles. The van der Waals surface area contributed by atoms with Crippen molar-refractivity contribution in [3.63, 3.8) is 0 Å². The van der Waals surface area contributed by atoms with Crippen molar-refractivity contribution in [3.8, 4) is 11.3 Å². The van der Waals surface area contributed by atoms with Crippen LogP contribution in [0, 0.1) is 5.41 Å². The summed E-state index contributed by atoms with van der Waals surface area (Å²) in [5.74, 6) is 0.0395. The second-order valence-corrected chi connectivity index (χ2v) is 22.2. The Bertz CT molecular complexity index is 2380. The van der Waals surface area contributed by atoms with E-state index in [0.717, 1.165) is 78.3 Å². The Morgan fingerprint density at radius 1 is 1.04 bits per heavy atom. The Labute approximate surface area is 404 Å². The van der Waals surface area contributed by atoms with Gasteiger partial charge in [0.2, 0.25) is 0 Å². The van der Waals surface area contributed by atoms with Crippen LogP contribution >= 0.6 is 11.8 Å². The van der Waals surface area contributed by atoms with Crippen LogP contribution in [0.25, 0.3) is 22.2 Å². The van der Waals surface area contributed by atoms with Crippen molar-refractivity contribution in [1.82, 2.24) is 30.2 Å². The number of aromatic nitrogens is 2. The number of morpholine rings is 1. The number of nitrogens with one attached hydrogen (secondary N) is 2. The summed E-state index contributed by atoms with van der Waals surface area (Å²) in [7, 11) is 1.74. The Morgan fingerprint density at radius 3 is 2.46 bits per heavy atom. The molecule has 0 saturated carbocycles. The average Bonchev–Trinajstić information content (AvgIpc) is 3.90. The number of hydrogen-bond donors (Lipinski definition) is 2. The highest BCUT2D eigenvalue weighted by Crippen LogP contribution is 2.46. The zero-order valence-electron chi connectivity index (χ0n) is 41.3. The van der Waals surface area contributed by atoms with E-state index in [1.807, 2.05) is 6.92 Å². The van der Waals surface area contributed by atoms with Crippen molar-refractivity contribution in [1.29, 1.82) is 0 Å². The van der Waals surface area contributed by atoms with Crippen LogP contribution in [0.1, 0.15) is 122 Å². The third-order valence-electron chi connectivity index (χ3n) is 14.4. The number of rotatable bonds is 9. The number of pyridine rings is 1. The van der Waals surface area contributed by atoms with Crippen molar-refractivity contribution >= 4 is 45.7 Å². The number of carbonyl (C=O) groups excluding carboxylic acids is 3. The van der Waals surface area contributed by atoms with Crippen LogP contribution < -0.4 is 10.7 Å². The van der Waals surface area contributed by atoms with Crippen LogP contribution in [0.15, 0.2) is 35.5 Å². The molecule has 8 bridgehead atoms. The van der Waals surface area contributed by atoms with Gasteiger partial charge in [-0.2, -0.15) is 0 Å². The summed E-state index contributed by atoms with van der Waals surface area (Å²) in [5.41, 5.74) is 9.35. The minimum absolute atomic E-state index is 0.146. The van der Waals surface area contributed by atoms with Gasteiger partial charge in [0.15, 0.2) is 0 Å². The standard InChI is InChI=1S/C51H71N7O9S/c1-10-56-41-15-14-30-19-36(41)38(44(56)37-20-32(22-52-42(37)29(3)62-9)31-17-33-23-63-24-34(18-31)58(33)35-25-64-26-35)21-51(7,8)28-66-48(60)39-13-12-16-57(55-39)47(59)43(54-49(61)67-50(4,5)6)45(65-11-2)46-53-40(30)27-68-46/h14-15,19-20,22,29,31,33-35,39-40,43,45,55H,10-13,16-18,21,23-28H2,1-9H3,(H,54,61)/t29-,33-,34-,39-,40?,43-,45-/m0/s1. The van der Waals surface area contributed by atoms with Gasteiger partial charge in [0.1, 0.15) is 28.8 Å². The molecule has 17 heteroatoms. The molecule has 7 atom stereocenters. The van der Waals surface area contributed by atoms with E-state index in [1.165, 1.54) is 22.3 Å². The quantitative estimate of drug-likeness (QED) is 0.213. The molecule has 0 spiro atoms. The molecule has 3 aromatic rings. The van der Waals surface area contributed by atoms with Crippen LogP contribution in [0.5, 0.6) is 0 Å². The van der Waals surface area contributed by atoms with E-state index in [2.05, 4.69) is 78.4 Å². The zero-order valence-corrected chi connectivity index (χ0v) is 42.1. The van der Waals surface area contributed by atoms with Crippen LogP contribution in [-0.2, 0) is 51.0 Å². The van der Waals surface area contributed by atoms with Gasteiger partial charge in [-0.3, -0.25) is 29.5 Å². The average molecular weight is 958 g/mol. The van der Waals surface area contributed by atoms with Gasteiger partial charge in [0.05, 0.1) is 62.6 Å². The van der Waals surface area contributed by atoms with Gasteiger partial charge in [-0.15, -0.1) is 11.8 Å². The number of aryl methyl sites for hydroxylation is 1. The maximum absolute atomic E-state index is 14.6. The molecular formula is C51H71N7O9S. The third kappa shape index (κ3) is 9.95. The molecule has 2 aromatic heterocycles. The van der Waals surface area contributed by atoms with Crippen LogP contribution in [0.3, 0.4) is 0 Å². The fourth-order valence-electron chi connectivity index (χ4n) is 11.1. The molecule has 16 nitrogen and oxygen atoms in total. The lowest BCUT2D eigenvalue weighted by Crippen LogP contribution is -2.64. The number of esters is 1. The van der Waals surface area contributed by atoms with Crippen molar-refractivity contribution in [2.24, 2.45) is 10.4 Å². The SMILES string of the molecule is CCO[C@@H]1C2=NC(CS2)c2ccc3c(c2)c(c(-c2cc(C4C[C@H]5COC[C@H](C4)N5C4COC4)cnc2[C@H](C)OC)n3CC)CC(C)(C)COC(=O)[C@@H]2CCCN(N2)C(=O)[C@H]1NC(=O)OC(C)(C)C. The van der Waals surface area contributed by atoms with Crippen LogP contribution in [0.2, 0.25) is 0 Å². The number of thioether (sulfide) groups is 1. The highest BCUT2D eigenvalue weighted by molar-refractivity contribution is 8.14. The van der Waals surface area contributed by atoms with Crippen LogP contribution in [-0.4, -0.2) is 143 Å². The molecule has 2 N–H and O–H groups in total. The number of aliphatic imine (C=N–C) groups is 1. The fraction of sp³-hybridized carbons (Fsp3) is 0.667. The highest BCUT2D eigenvalue weighted by Gasteiger charge is 2.46. The second-order valence-electron chi connectivity index (χ2n) is 21.1. The molecule has 2 amide bonds. The van der Waals surface area contributed by atoms with Gasteiger partial charge < -0.3 is 38.3 Å². The first-order chi connectivity index (χ1) is 32.6. The summed E-state index contributed by atoms with van der Waals surface area (Å²) in [6.07, 6.45) is 3.74. The van der Waals surface area contributed by atoms with E-state index < -0.39 is 47.2 Å². The Kier molecular flexibility index (Phi) is 14.4. The molecule has 9 rings (SSSR count). The topological polar surface area (TPSA) is 167 Å². The summed E-state index contributed by atoms with van der Waals surface area (Å²) in [4.78, 5) is 55.3. The maximum atomic E-state index is 14.6. The number of benzene rings is 1. The number of hydrogen-bond acceptors (Lipinski definition) is 14. The number of cyclic esters (lactones) is 1. The molecule has 370 valence electrons. The van der Waals surface area contributed by atoms with E-state index in [9.17, 15) is 14.4 Å². The molecule has 0 radical (unpaired) electrons. The van der Waals surface area contributed by atoms with Crippen molar-refractivity contribution in [3.05, 3.63) is 52.8 Å². The molecule has 4 saturated heterocycles. The number of alkyl carbamates (subject to hydrolysis) is 1. The predicted molar refractivity (Wildman–Crippen MR) is 261 cm³/mol. The van der Waals surface area contributed by atoms with Gasteiger partial charge in [-0.25, -0.2) is 10.2 Å². The minimum atomic E-state index is -1.20. The van der Waals surface area contributed by atoms with E-state index >= 15 is 0 Å². The molecule has 0 aliphatic carbocycles. The van der Waals surface area contributed by atoms with E-state index in [4.69, 9.17) is 38.4 Å². The number of carbonyl (C=O) groups is 3. The van der Waals surface area contributed by atoms with E-state index in [1.54, 1.807) is 27.9 Å². The first-order valence-electron chi connectivity index (χ1n) is 24.7. The van der Waals surface area contributed by atoms with Gasteiger partial charge in [-0.05, 0) is 114 Å². The van der Waals surface area contributed by atoms with Crippen molar-refractivity contribution < 1.29 is 42.8 Å². The zero-order chi connectivity index (χ0) is 48.1. The number of amides is 2. The van der Waals surface area contributed by atoms with E-state index in [0.29, 0.717) is 67.2 Å². The largest absolute Gasteiger partial charge is 0.464 e. The van der Waals surface area contributed by atoms with Gasteiger partial charge in [0, 0.05) is 72.7 Å². The van der Waals surface area contributed by atoms with Crippen molar-refractivity contribution in [2.75, 3.05) is 59.0 Å².